The van der Waals surface area contributed by atoms with Crippen molar-refractivity contribution >= 4 is 11.8 Å². The molecular formula is C18H22N4O3. The fraction of sp³-hybridized carbons (Fsp3) is 0.444. The second-order valence-electron chi connectivity index (χ2n) is 5.58. The summed E-state index contributed by atoms with van der Waals surface area (Å²) in [5, 5.41) is 33.1. The summed E-state index contributed by atoms with van der Waals surface area (Å²) in [7, 11) is 0. The van der Waals surface area contributed by atoms with Gasteiger partial charge < -0.3 is 15.7 Å². The summed E-state index contributed by atoms with van der Waals surface area (Å²) in [6.07, 6.45) is 1.48. The Labute approximate surface area is 147 Å². The molecule has 0 fully saturated rings. The maximum absolute atomic E-state index is 12.3. The number of para-hydroxylation sites is 1. The van der Waals surface area contributed by atoms with Gasteiger partial charge in [0.1, 0.15) is 5.75 Å². The van der Waals surface area contributed by atoms with Gasteiger partial charge >= 0.3 is 0 Å². The quantitative estimate of drug-likeness (QED) is 0.668. The van der Waals surface area contributed by atoms with E-state index in [4.69, 9.17) is 10.5 Å². The van der Waals surface area contributed by atoms with Crippen LogP contribution in [0.2, 0.25) is 0 Å². The van der Waals surface area contributed by atoms with E-state index in [9.17, 15) is 14.7 Å². The molecule has 0 saturated heterocycles. The summed E-state index contributed by atoms with van der Waals surface area (Å²) < 4.78 is 0. The predicted molar refractivity (Wildman–Crippen MR) is 91.7 cm³/mol. The first-order chi connectivity index (χ1) is 12.0. The number of nitriles is 2. The molecule has 2 atom stereocenters. The van der Waals surface area contributed by atoms with Gasteiger partial charge in [-0.05, 0) is 25.0 Å². The van der Waals surface area contributed by atoms with Gasteiger partial charge in [-0.25, -0.2) is 0 Å². The minimum absolute atomic E-state index is 0.0302. The number of rotatable bonds is 8. The Kier molecular flexibility index (Phi) is 7.95. The van der Waals surface area contributed by atoms with Crippen LogP contribution >= 0.6 is 0 Å². The van der Waals surface area contributed by atoms with Crippen LogP contribution in [-0.2, 0) is 0 Å². The van der Waals surface area contributed by atoms with Crippen LogP contribution in [0.3, 0.4) is 0 Å². The number of nitrogens with zero attached hydrogens (tertiary/aromatic N) is 2. The molecule has 7 heteroatoms. The normalized spacial score (nSPS) is 12.3. The van der Waals surface area contributed by atoms with Crippen LogP contribution in [0, 0.1) is 22.7 Å². The van der Waals surface area contributed by atoms with Crippen molar-refractivity contribution in [2.75, 3.05) is 0 Å². The number of phenols is 1. The molecule has 0 saturated carbocycles. The highest BCUT2D eigenvalue weighted by Gasteiger charge is 2.21. The topological polar surface area (TPSA) is 126 Å². The molecule has 0 aliphatic heterocycles. The van der Waals surface area contributed by atoms with Crippen LogP contribution in [-0.4, -0.2) is 29.0 Å². The van der Waals surface area contributed by atoms with Crippen LogP contribution in [0.4, 0.5) is 0 Å². The van der Waals surface area contributed by atoms with E-state index in [0.717, 1.165) is 0 Å². The lowest BCUT2D eigenvalue weighted by Gasteiger charge is -2.17. The first-order valence-corrected chi connectivity index (χ1v) is 8.15. The van der Waals surface area contributed by atoms with E-state index in [2.05, 4.69) is 10.6 Å². The SMILES string of the molecule is CCC(CC#N)NC(=O)c1cccc(C(=O)NC(CC)CC#N)c1O. The first-order valence-electron chi connectivity index (χ1n) is 8.15. The van der Waals surface area contributed by atoms with Gasteiger partial charge in [-0.15, -0.1) is 0 Å². The second kappa shape index (κ2) is 9.94. The van der Waals surface area contributed by atoms with Gasteiger partial charge in [-0.3, -0.25) is 9.59 Å². The Morgan fingerprint density at radius 2 is 1.40 bits per heavy atom. The zero-order chi connectivity index (χ0) is 18.8. The highest BCUT2D eigenvalue weighted by molar-refractivity contribution is 6.04. The number of carbonyl (C=O) groups is 2. The summed E-state index contributed by atoms with van der Waals surface area (Å²) >= 11 is 0. The molecule has 0 heterocycles. The maximum Gasteiger partial charge on any atom is 0.255 e. The Balaban J connectivity index is 2.98. The fourth-order valence-corrected chi connectivity index (χ4v) is 2.25. The molecule has 132 valence electrons. The molecule has 25 heavy (non-hydrogen) atoms. The van der Waals surface area contributed by atoms with Crippen molar-refractivity contribution in [1.82, 2.24) is 10.6 Å². The summed E-state index contributed by atoms with van der Waals surface area (Å²) in [5.74, 6) is -1.51. The van der Waals surface area contributed by atoms with E-state index in [0.29, 0.717) is 12.8 Å². The number of nitrogens with one attached hydrogen (secondary N) is 2. The Morgan fingerprint density at radius 1 is 1.00 bits per heavy atom. The smallest absolute Gasteiger partial charge is 0.255 e. The number of benzene rings is 1. The number of aromatic hydroxyl groups is 1. The fourth-order valence-electron chi connectivity index (χ4n) is 2.25. The van der Waals surface area contributed by atoms with Gasteiger partial charge in [0.15, 0.2) is 0 Å². The average Bonchev–Trinajstić information content (AvgIpc) is 2.60. The maximum atomic E-state index is 12.3. The van der Waals surface area contributed by atoms with Crippen molar-refractivity contribution < 1.29 is 14.7 Å². The number of phenolic OH excluding ortho intramolecular Hbond substituents is 1. The Hall–Kier alpha value is -3.06. The van der Waals surface area contributed by atoms with Crippen LogP contribution < -0.4 is 10.6 Å². The molecule has 3 N–H and O–H groups in total. The molecule has 1 aromatic carbocycles. The van der Waals surface area contributed by atoms with Gasteiger partial charge in [0, 0.05) is 12.1 Å². The minimum Gasteiger partial charge on any atom is -0.506 e. The second-order valence-corrected chi connectivity index (χ2v) is 5.58. The largest absolute Gasteiger partial charge is 0.506 e. The highest BCUT2D eigenvalue weighted by atomic mass is 16.3. The summed E-state index contributed by atoms with van der Waals surface area (Å²) in [5.41, 5.74) is -0.0604. The van der Waals surface area contributed by atoms with Crippen molar-refractivity contribution in [2.24, 2.45) is 0 Å². The molecule has 0 bridgehead atoms. The van der Waals surface area contributed by atoms with Gasteiger partial charge in [-0.2, -0.15) is 10.5 Å². The van der Waals surface area contributed by atoms with Crippen LogP contribution in [0.1, 0.15) is 60.2 Å². The summed E-state index contributed by atoms with van der Waals surface area (Å²) in [6, 6.07) is 7.65. The van der Waals surface area contributed by atoms with Gasteiger partial charge in [0.05, 0.1) is 36.1 Å². The lowest BCUT2D eigenvalue weighted by Crippen LogP contribution is -2.35. The lowest BCUT2D eigenvalue weighted by atomic mass is 10.0. The van der Waals surface area contributed by atoms with Crippen molar-refractivity contribution in [1.29, 1.82) is 10.5 Å². The molecule has 0 spiro atoms. The Morgan fingerprint density at radius 3 is 1.72 bits per heavy atom. The van der Waals surface area contributed by atoms with E-state index >= 15 is 0 Å². The van der Waals surface area contributed by atoms with Crippen LogP contribution in [0.5, 0.6) is 5.75 Å². The number of hydrogen-bond donors (Lipinski definition) is 3. The average molecular weight is 342 g/mol. The molecule has 2 unspecified atom stereocenters. The number of hydrogen-bond acceptors (Lipinski definition) is 5. The Bertz CT molecular complexity index is 647. The third kappa shape index (κ3) is 5.50. The summed E-state index contributed by atoms with van der Waals surface area (Å²) in [6.45, 7) is 3.68. The van der Waals surface area contributed by atoms with Gasteiger partial charge in [0.2, 0.25) is 0 Å². The van der Waals surface area contributed by atoms with Crippen molar-refractivity contribution in [2.45, 2.75) is 51.6 Å². The van der Waals surface area contributed by atoms with Gasteiger partial charge in [0.25, 0.3) is 11.8 Å². The summed E-state index contributed by atoms with van der Waals surface area (Å²) in [4.78, 5) is 24.6. The molecule has 0 radical (unpaired) electrons. The molecular weight excluding hydrogens is 320 g/mol. The molecule has 2 amide bonds. The van der Waals surface area contributed by atoms with E-state index in [1.807, 2.05) is 26.0 Å². The lowest BCUT2D eigenvalue weighted by molar-refractivity contribution is 0.0932. The van der Waals surface area contributed by atoms with E-state index in [1.165, 1.54) is 18.2 Å². The van der Waals surface area contributed by atoms with Crippen molar-refractivity contribution in [3.05, 3.63) is 29.3 Å². The molecule has 0 aliphatic rings. The van der Waals surface area contributed by atoms with E-state index in [1.54, 1.807) is 0 Å². The number of amides is 2. The predicted octanol–water partition coefficient (Wildman–Crippen LogP) is 2.24. The van der Waals surface area contributed by atoms with Gasteiger partial charge in [-0.1, -0.05) is 19.9 Å². The third-order valence-corrected chi connectivity index (χ3v) is 3.86. The monoisotopic (exact) mass is 342 g/mol. The first kappa shape index (κ1) is 20.0. The zero-order valence-corrected chi connectivity index (χ0v) is 14.4. The van der Waals surface area contributed by atoms with E-state index < -0.39 is 17.6 Å². The molecule has 0 aromatic heterocycles. The third-order valence-electron chi connectivity index (χ3n) is 3.86. The standard InChI is InChI=1S/C18H22N4O3/c1-3-12(8-10-19)21-17(24)14-6-5-7-15(16(14)23)18(25)22-13(4-2)9-11-20/h5-7,12-13,23H,3-4,8-9H2,1-2H3,(H,21,24)(H,22,25). The van der Waals surface area contributed by atoms with Crippen LogP contribution in [0.15, 0.2) is 18.2 Å². The number of carbonyl (C=O) groups excluding carboxylic acids is 2. The highest BCUT2D eigenvalue weighted by Crippen LogP contribution is 2.23. The molecule has 1 aromatic rings. The van der Waals surface area contributed by atoms with Crippen LogP contribution in [0.25, 0.3) is 0 Å². The molecule has 7 nitrogen and oxygen atoms in total. The van der Waals surface area contributed by atoms with Crippen molar-refractivity contribution in [3.8, 4) is 17.9 Å². The van der Waals surface area contributed by atoms with Crippen molar-refractivity contribution in [3.63, 3.8) is 0 Å². The zero-order valence-electron chi connectivity index (χ0n) is 14.4. The minimum atomic E-state index is -0.543. The molecule has 1 rings (SSSR count). The van der Waals surface area contributed by atoms with E-state index in [-0.39, 0.29) is 36.1 Å². The molecule has 0 aliphatic carbocycles.